The number of alkyl halides is 3. The van der Waals surface area contributed by atoms with Gasteiger partial charge in [-0.1, -0.05) is 12.1 Å². The fraction of sp³-hybridized carbons (Fsp3) is 0.167. The number of amides is 1. The van der Waals surface area contributed by atoms with Crippen LogP contribution in [-0.2, 0) is 6.42 Å². The molecule has 3 N–H and O–H groups in total. The van der Waals surface area contributed by atoms with Gasteiger partial charge in [-0.2, -0.15) is 13.2 Å². The van der Waals surface area contributed by atoms with Gasteiger partial charge in [0.15, 0.2) is 0 Å². The zero-order valence-electron chi connectivity index (χ0n) is 9.95. The molecule has 8 heteroatoms. The van der Waals surface area contributed by atoms with Crippen LogP contribution in [-0.4, -0.2) is 17.1 Å². The Kier molecular flexibility index (Phi) is 4.44. The monoisotopic (exact) mass is 306 g/mol. The first kappa shape index (κ1) is 16.0. The van der Waals surface area contributed by atoms with Crippen molar-refractivity contribution in [2.75, 3.05) is 0 Å². The molecule has 0 aliphatic rings. The Morgan fingerprint density at radius 1 is 1.25 bits per heavy atom. The number of primary amides is 1. The number of benzene rings is 1. The number of carbonyl (C=O) groups is 1. The van der Waals surface area contributed by atoms with Gasteiger partial charge in [0.1, 0.15) is 5.56 Å². The van der Waals surface area contributed by atoms with E-state index >= 15 is 0 Å². The van der Waals surface area contributed by atoms with E-state index in [4.69, 9.17) is 5.73 Å². The number of aromatic amines is 1. The number of halogens is 4. The van der Waals surface area contributed by atoms with Crippen molar-refractivity contribution in [3.63, 3.8) is 0 Å². The number of fused-ring (bicyclic) bond motifs is 1. The van der Waals surface area contributed by atoms with Crippen LogP contribution in [0.4, 0.5) is 13.2 Å². The molecule has 2 aromatic rings. The molecule has 0 saturated heterocycles. The van der Waals surface area contributed by atoms with Crippen molar-refractivity contribution < 1.29 is 18.0 Å². The van der Waals surface area contributed by atoms with E-state index in [0.717, 1.165) is 0 Å². The number of rotatable bonds is 2. The molecule has 0 atom stereocenters. The van der Waals surface area contributed by atoms with E-state index in [9.17, 15) is 22.8 Å². The summed E-state index contributed by atoms with van der Waals surface area (Å²) in [5.74, 6) is -1.17. The third kappa shape index (κ3) is 3.11. The van der Waals surface area contributed by atoms with Crippen LogP contribution < -0.4 is 11.2 Å². The molecule has 20 heavy (non-hydrogen) atoms. The topological polar surface area (TPSA) is 76.0 Å². The molecular formula is C12H10ClF3N2O2. The lowest BCUT2D eigenvalue weighted by Gasteiger charge is -2.11. The quantitative estimate of drug-likeness (QED) is 0.892. The molecule has 1 heterocycles. The van der Waals surface area contributed by atoms with E-state index in [2.05, 4.69) is 4.98 Å². The van der Waals surface area contributed by atoms with E-state index in [1.807, 2.05) is 0 Å². The Labute approximate surface area is 117 Å². The van der Waals surface area contributed by atoms with Crippen molar-refractivity contribution in [2.45, 2.75) is 12.6 Å². The number of hydrogen-bond donors (Lipinski definition) is 2. The van der Waals surface area contributed by atoms with E-state index < -0.39 is 35.2 Å². The van der Waals surface area contributed by atoms with Crippen molar-refractivity contribution in [3.05, 3.63) is 45.7 Å². The predicted octanol–water partition coefficient (Wildman–Crippen LogP) is 2.15. The summed E-state index contributed by atoms with van der Waals surface area (Å²) in [6, 6.07) is 5.99. The summed E-state index contributed by atoms with van der Waals surface area (Å²) in [6.07, 6.45) is -5.96. The third-order valence-corrected chi connectivity index (χ3v) is 2.61. The maximum Gasteiger partial charge on any atom is 0.394 e. The minimum Gasteiger partial charge on any atom is -0.365 e. The number of hydrogen-bond acceptors (Lipinski definition) is 2. The molecule has 1 aromatic carbocycles. The van der Waals surface area contributed by atoms with E-state index in [0.29, 0.717) is 0 Å². The normalized spacial score (nSPS) is 11.2. The van der Waals surface area contributed by atoms with Gasteiger partial charge >= 0.3 is 6.18 Å². The minimum absolute atomic E-state index is 0. The number of nitrogens with two attached hydrogens (primary N) is 1. The highest BCUT2D eigenvalue weighted by Crippen LogP contribution is 2.22. The van der Waals surface area contributed by atoms with E-state index in [1.165, 1.54) is 12.1 Å². The van der Waals surface area contributed by atoms with Gasteiger partial charge in [-0.05, 0) is 12.1 Å². The molecule has 108 valence electrons. The van der Waals surface area contributed by atoms with Gasteiger partial charge in [0, 0.05) is 16.6 Å². The third-order valence-electron chi connectivity index (χ3n) is 2.61. The molecular weight excluding hydrogens is 297 g/mol. The highest BCUT2D eigenvalue weighted by atomic mass is 35.5. The largest absolute Gasteiger partial charge is 0.394 e. The molecule has 0 spiro atoms. The van der Waals surface area contributed by atoms with Crippen LogP contribution >= 0.6 is 12.4 Å². The summed E-state index contributed by atoms with van der Waals surface area (Å²) in [7, 11) is 0. The number of carbonyl (C=O) groups excluding carboxylic acids is 1. The summed E-state index contributed by atoms with van der Waals surface area (Å²) in [6.45, 7) is 0. The fourth-order valence-electron chi connectivity index (χ4n) is 1.88. The summed E-state index contributed by atoms with van der Waals surface area (Å²) >= 11 is 0. The molecule has 0 unspecified atom stereocenters. The highest BCUT2D eigenvalue weighted by molar-refractivity contribution is 5.97. The number of pyridine rings is 1. The summed E-state index contributed by atoms with van der Waals surface area (Å²) in [5.41, 5.74) is 3.29. The Morgan fingerprint density at radius 3 is 2.40 bits per heavy atom. The number of para-hydroxylation sites is 1. The van der Waals surface area contributed by atoms with Crippen molar-refractivity contribution >= 4 is 29.2 Å². The Balaban J connectivity index is 0.00000200. The lowest BCUT2D eigenvalue weighted by atomic mass is 10.1. The zero-order valence-corrected chi connectivity index (χ0v) is 10.8. The van der Waals surface area contributed by atoms with Crippen molar-refractivity contribution in [3.8, 4) is 0 Å². The van der Waals surface area contributed by atoms with Gasteiger partial charge in [-0.3, -0.25) is 9.59 Å². The van der Waals surface area contributed by atoms with E-state index in [-0.39, 0.29) is 23.3 Å². The van der Waals surface area contributed by atoms with Gasteiger partial charge in [-0.25, -0.2) is 0 Å². The first-order chi connectivity index (χ1) is 8.79. The fourth-order valence-corrected chi connectivity index (χ4v) is 1.88. The lowest BCUT2D eigenvalue weighted by Crippen LogP contribution is -2.27. The summed E-state index contributed by atoms with van der Waals surface area (Å²) in [5, 5.41) is 0.127. The second kappa shape index (κ2) is 5.54. The van der Waals surface area contributed by atoms with Crippen LogP contribution in [0.3, 0.4) is 0 Å². The van der Waals surface area contributed by atoms with Crippen LogP contribution in [0.2, 0.25) is 0 Å². The van der Waals surface area contributed by atoms with Gasteiger partial charge in [-0.15, -0.1) is 12.4 Å². The summed E-state index contributed by atoms with van der Waals surface area (Å²) < 4.78 is 37.3. The average molecular weight is 307 g/mol. The molecule has 2 rings (SSSR count). The van der Waals surface area contributed by atoms with Crippen LogP contribution in [0.25, 0.3) is 10.9 Å². The molecule has 4 nitrogen and oxygen atoms in total. The van der Waals surface area contributed by atoms with Gasteiger partial charge in [0.2, 0.25) is 5.43 Å². The van der Waals surface area contributed by atoms with Crippen LogP contribution in [0.15, 0.2) is 29.1 Å². The number of nitrogens with one attached hydrogen (secondary N) is 1. The van der Waals surface area contributed by atoms with Crippen molar-refractivity contribution in [1.82, 2.24) is 4.98 Å². The second-order valence-electron chi connectivity index (χ2n) is 4.01. The van der Waals surface area contributed by atoms with Crippen LogP contribution in [0.5, 0.6) is 0 Å². The predicted molar refractivity (Wildman–Crippen MR) is 70.1 cm³/mol. The zero-order chi connectivity index (χ0) is 14.2. The maximum absolute atomic E-state index is 12.4. The Morgan fingerprint density at radius 2 is 1.85 bits per heavy atom. The minimum atomic E-state index is -4.55. The maximum atomic E-state index is 12.4. The molecule has 0 fully saturated rings. The molecule has 0 radical (unpaired) electrons. The number of aromatic nitrogens is 1. The highest BCUT2D eigenvalue weighted by Gasteiger charge is 2.31. The van der Waals surface area contributed by atoms with Crippen LogP contribution in [0.1, 0.15) is 16.1 Å². The molecule has 0 bridgehead atoms. The molecule has 1 amide bonds. The summed E-state index contributed by atoms with van der Waals surface area (Å²) in [4.78, 5) is 25.6. The SMILES string of the molecule is Cl.NC(=O)c1c(CC(F)(F)F)[nH]c2ccccc2c1=O. The molecule has 0 aliphatic carbocycles. The standard InChI is InChI=1S/C12H9F3N2O2.ClH/c13-12(14,15)5-8-9(11(16)19)10(18)6-3-1-2-4-7(6)17-8;/h1-4H,5H2,(H2,16,19)(H,17,18);1H. The molecule has 0 saturated carbocycles. The van der Waals surface area contributed by atoms with Crippen molar-refractivity contribution in [2.24, 2.45) is 5.73 Å². The average Bonchev–Trinajstić information content (AvgIpc) is 2.26. The van der Waals surface area contributed by atoms with E-state index in [1.54, 1.807) is 12.1 Å². The van der Waals surface area contributed by atoms with Crippen LogP contribution in [0, 0.1) is 0 Å². The molecule has 0 aliphatic heterocycles. The Bertz CT molecular complexity index is 710. The lowest BCUT2D eigenvalue weighted by molar-refractivity contribution is -0.127. The van der Waals surface area contributed by atoms with Gasteiger partial charge in [0.05, 0.1) is 6.42 Å². The van der Waals surface area contributed by atoms with Gasteiger partial charge < -0.3 is 10.7 Å². The smallest absolute Gasteiger partial charge is 0.365 e. The second-order valence-corrected chi connectivity index (χ2v) is 4.01. The first-order valence-corrected chi connectivity index (χ1v) is 5.30. The number of H-pyrrole nitrogens is 1. The van der Waals surface area contributed by atoms with Gasteiger partial charge in [0.25, 0.3) is 5.91 Å². The Hall–Kier alpha value is -2.02. The molecule has 1 aromatic heterocycles. The first-order valence-electron chi connectivity index (χ1n) is 5.30. The van der Waals surface area contributed by atoms with Crippen molar-refractivity contribution in [1.29, 1.82) is 0 Å².